The Morgan fingerprint density at radius 3 is 2.73 bits per heavy atom. The van der Waals surface area contributed by atoms with Gasteiger partial charge in [-0.3, -0.25) is 14.5 Å². The van der Waals surface area contributed by atoms with Crippen molar-refractivity contribution in [3.8, 4) is 5.75 Å². The van der Waals surface area contributed by atoms with Crippen LogP contribution in [0.2, 0.25) is 0 Å². The highest BCUT2D eigenvalue weighted by molar-refractivity contribution is 5.79. The van der Waals surface area contributed by atoms with E-state index in [0.717, 1.165) is 34.9 Å². The molecule has 2 aromatic heterocycles. The van der Waals surface area contributed by atoms with Crippen LogP contribution in [0.3, 0.4) is 0 Å². The fourth-order valence-electron chi connectivity index (χ4n) is 3.70. The summed E-state index contributed by atoms with van der Waals surface area (Å²) < 4.78 is 7.17. The molecule has 2 atom stereocenters. The summed E-state index contributed by atoms with van der Waals surface area (Å²) in [7, 11) is 5.47. The van der Waals surface area contributed by atoms with Crippen LogP contribution in [0.5, 0.6) is 5.75 Å². The van der Waals surface area contributed by atoms with Crippen LogP contribution >= 0.6 is 0 Å². The molecule has 0 radical (unpaired) electrons. The Kier molecular flexibility index (Phi) is 5.27. The zero-order valence-corrected chi connectivity index (χ0v) is 16.1. The fourth-order valence-corrected chi connectivity index (χ4v) is 3.70. The Labute approximate surface area is 154 Å². The number of nitrogens with one attached hydrogen (secondary N) is 1. The summed E-state index contributed by atoms with van der Waals surface area (Å²) in [5.74, 6) is 1.21. The number of ether oxygens (including phenoxy) is 1. The van der Waals surface area contributed by atoms with Gasteiger partial charge < -0.3 is 15.0 Å². The standard InChI is InChI=1S/C19H27N5O2/c1-12-6-16(26-5)8-15(22-12)10-20-9-14-7-18(25)23(3)19(14)17-11-21-24(4)13(17)2/h6,8,11,14,19-20H,7,9-10H2,1-5H3/t14-,19+/m0/s1. The highest BCUT2D eigenvalue weighted by atomic mass is 16.5. The molecule has 3 rings (SSSR count). The van der Waals surface area contributed by atoms with Crippen LogP contribution < -0.4 is 10.1 Å². The predicted molar refractivity (Wildman–Crippen MR) is 98.8 cm³/mol. The third-order valence-corrected chi connectivity index (χ3v) is 5.21. The van der Waals surface area contributed by atoms with Crippen molar-refractivity contribution in [3.63, 3.8) is 0 Å². The van der Waals surface area contributed by atoms with Crippen molar-refractivity contribution in [2.45, 2.75) is 32.9 Å². The molecule has 1 amide bonds. The molecule has 0 bridgehead atoms. The molecule has 0 spiro atoms. The lowest BCUT2D eigenvalue weighted by Gasteiger charge is -2.25. The van der Waals surface area contributed by atoms with E-state index in [0.29, 0.717) is 13.0 Å². The van der Waals surface area contributed by atoms with Crippen molar-refractivity contribution in [1.29, 1.82) is 0 Å². The highest BCUT2D eigenvalue weighted by Crippen LogP contribution is 2.37. The summed E-state index contributed by atoms with van der Waals surface area (Å²) in [6.07, 6.45) is 2.43. The number of rotatable bonds is 6. The Morgan fingerprint density at radius 2 is 2.08 bits per heavy atom. The van der Waals surface area contributed by atoms with Crippen molar-refractivity contribution in [2.24, 2.45) is 13.0 Å². The third kappa shape index (κ3) is 3.58. The largest absolute Gasteiger partial charge is 0.497 e. The van der Waals surface area contributed by atoms with Gasteiger partial charge >= 0.3 is 0 Å². The summed E-state index contributed by atoms with van der Waals surface area (Å²) in [6, 6.07) is 3.91. The Balaban J connectivity index is 1.69. The second kappa shape index (κ2) is 7.45. The van der Waals surface area contributed by atoms with Gasteiger partial charge in [0.25, 0.3) is 0 Å². The number of aryl methyl sites for hydroxylation is 2. The van der Waals surface area contributed by atoms with Crippen LogP contribution in [0.4, 0.5) is 0 Å². The molecular weight excluding hydrogens is 330 g/mol. The van der Waals surface area contributed by atoms with E-state index in [9.17, 15) is 4.79 Å². The van der Waals surface area contributed by atoms with Gasteiger partial charge in [-0.25, -0.2) is 0 Å². The minimum absolute atomic E-state index is 0.0590. The molecular formula is C19H27N5O2. The molecule has 0 aromatic carbocycles. The molecule has 0 aliphatic carbocycles. The van der Waals surface area contributed by atoms with Crippen LogP contribution in [0, 0.1) is 19.8 Å². The summed E-state index contributed by atoms with van der Waals surface area (Å²) in [4.78, 5) is 18.7. The molecule has 0 unspecified atom stereocenters. The number of likely N-dealkylation sites (tertiary alicyclic amines) is 1. The molecule has 1 saturated heterocycles. The molecule has 0 saturated carbocycles. The first kappa shape index (κ1) is 18.4. The summed E-state index contributed by atoms with van der Waals surface area (Å²) in [5, 5.41) is 7.81. The summed E-state index contributed by atoms with van der Waals surface area (Å²) >= 11 is 0. The highest BCUT2D eigenvalue weighted by Gasteiger charge is 2.39. The number of pyridine rings is 1. The number of amides is 1. The van der Waals surface area contributed by atoms with Crippen LogP contribution in [-0.2, 0) is 18.4 Å². The monoisotopic (exact) mass is 357 g/mol. The maximum Gasteiger partial charge on any atom is 0.223 e. The lowest BCUT2D eigenvalue weighted by Crippen LogP contribution is -2.29. The quantitative estimate of drug-likeness (QED) is 0.853. The van der Waals surface area contributed by atoms with E-state index in [1.54, 1.807) is 7.11 Å². The minimum Gasteiger partial charge on any atom is -0.497 e. The fraction of sp³-hybridized carbons (Fsp3) is 0.526. The molecule has 1 N–H and O–H groups in total. The van der Waals surface area contributed by atoms with E-state index in [-0.39, 0.29) is 17.9 Å². The minimum atomic E-state index is 0.0590. The lowest BCUT2D eigenvalue weighted by atomic mass is 9.94. The Hall–Kier alpha value is -2.41. The van der Waals surface area contributed by atoms with Gasteiger partial charge in [-0.2, -0.15) is 5.10 Å². The first-order valence-corrected chi connectivity index (χ1v) is 8.87. The van der Waals surface area contributed by atoms with E-state index in [1.807, 2.05) is 55.9 Å². The van der Waals surface area contributed by atoms with Crippen molar-refractivity contribution in [2.75, 3.05) is 20.7 Å². The van der Waals surface area contributed by atoms with Crippen LogP contribution in [0.1, 0.15) is 35.1 Å². The number of nitrogens with zero attached hydrogens (tertiary/aromatic N) is 4. The molecule has 2 aromatic rings. The lowest BCUT2D eigenvalue weighted by molar-refractivity contribution is -0.127. The molecule has 1 aliphatic heterocycles. The van der Waals surface area contributed by atoms with Gasteiger partial charge in [0.1, 0.15) is 5.75 Å². The van der Waals surface area contributed by atoms with Crippen molar-refractivity contribution >= 4 is 5.91 Å². The predicted octanol–water partition coefficient (Wildman–Crippen LogP) is 1.75. The molecule has 3 heterocycles. The van der Waals surface area contributed by atoms with Crippen molar-refractivity contribution in [3.05, 3.63) is 41.0 Å². The Bertz CT molecular complexity index is 801. The number of methoxy groups -OCH3 is 1. The van der Waals surface area contributed by atoms with Crippen molar-refractivity contribution in [1.82, 2.24) is 25.0 Å². The van der Waals surface area contributed by atoms with E-state index >= 15 is 0 Å². The van der Waals surface area contributed by atoms with Gasteiger partial charge in [0, 0.05) is 68.6 Å². The van der Waals surface area contributed by atoms with Gasteiger partial charge in [-0.15, -0.1) is 0 Å². The average molecular weight is 357 g/mol. The number of carbonyl (C=O) groups excluding carboxylic acids is 1. The number of aromatic nitrogens is 3. The molecule has 1 aliphatic rings. The topological polar surface area (TPSA) is 72.3 Å². The smallest absolute Gasteiger partial charge is 0.223 e. The second-order valence-corrected chi connectivity index (χ2v) is 6.99. The molecule has 26 heavy (non-hydrogen) atoms. The Morgan fingerprint density at radius 1 is 1.31 bits per heavy atom. The van der Waals surface area contributed by atoms with Gasteiger partial charge in [0.05, 0.1) is 25.0 Å². The van der Waals surface area contributed by atoms with Crippen LogP contribution in [0.15, 0.2) is 18.3 Å². The summed E-state index contributed by atoms with van der Waals surface area (Å²) in [5.41, 5.74) is 4.10. The SMILES string of the molecule is COc1cc(C)nc(CNC[C@@H]2CC(=O)N(C)[C@H]2c2cnn(C)c2C)c1. The van der Waals surface area contributed by atoms with Crippen molar-refractivity contribution < 1.29 is 9.53 Å². The molecule has 7 heteroatoms. The van der Waals surface area contributed by atoms with E-state index in [4.69, 9.17) is 4.74 Å². The number of hydrogen-bond acceptors (Lipinski definition) is 5. The zero-order chi connectivity index (χ0) is 18.8. The van der Waals surface area contributed by atoms with Gasteiger partial charge in [0.2, 0.25) is 5.91 Å². The van der Waals surface area contributed by atoms with Gasteiger partial charge in [0.15, 0.2) is 0 Å². The normalized spacial score (nSPS) is 20.0. The van der Waals surface area contributed by atoms with Gasteiger partial charge in [-0.1, -0.05) is 0 Å². The average Bonchev–Trinajstić information content (AvgIpc) is 3.07. The van der Waals surface area contributed by atoms with Crippen LogP contribution in [0.25, 0.3) is 0 Å². The first-order chi connectivity index (χ1) is 12.4. The van der Waals surface area contributed by atoms with Gasteiger partial charge in [-0.05, 0) is 13.8 Å². The van der Waals surface area contributed by atoms with E-state index in [2.05, 4.69) is 15.4 Å². The molecule has 140 valence electrons. The van der Waals surface area contributed by atoms with E-state index in [1.165, 1.54) is 0 Å². The second-order valence-electron chi connectivity index (χ2n) is 6.99. The summed E-state index contributed by atoms with van der Waals surface area (Å²) in [6.45, 7) is 5.39. The number of hydrogen-bond donors (Lipinski definition) is 1. The zero-order valence-electron chi connectivity index (χ0n) is 16.1. The molecule has 1 fully saturated rings. The third-order valence-electron chi connectivity index (χ3n) is 5.21. The maximum atomic E-state index is 12.3. The first-order valence-electron chi connectivity index (χ1n) is 8.87. The maximum absolute atomic E-state index is 12.3. The number of carbonyl (C=O) groups is 1. The van der Waals surface area contributed by atoms with E-state index < -0.39 is 0 Å². The molecule has 7 nitrogen and oxygen atoms in total. The van der Waals surface area contributed by atoms with Crippen LogP contribution in [-0.4, -0.2) is 46.3 Å².